The molecule has 0 saturated carbocycles. The van der Waals surface area contributed by atoms with E-state index in [0.29, 0.717) is 12.2 Å². The van der Waals surface area contributed by atoms with Crippen molar-refractivity contribution >= 4 is 11.6 Å². The minimum atomic E-state index is -0.515. The summed E-state index contributed by atoms with van der Waals surface area (Å²) in [5, 5.41) is 12.2. The summed E-state index contributed by atoms with van der Waals surface area (Å²) in [6.45, 7) is 4.13. The van der Waals surface area contributed by atoms with Crippen LogP contribution in [0.3, 0.4) is 0 Å². The molecule has 0 aliphatic carbocycles. The number of carbonyl (C=O) groups is 1. The van der Waals surface area contributed by atoms with Crippen molar-refractivity contribution in [2.24, 2.45) is 0 Å². The van der Waals surface area contributed by atoms with Crippen LogP contribution in [0.25, 0.3) is 0 Å². The third kappa shape index (κ3) is 3.52. The second-order valence-electron chi connectivity index (χ2n) is 4.72. The van der Waals surface area contributed by atoms with E-state index in [4.69, 9.17) is 4.74 Å². The lowest BCUT2D eigenvalue weighted by atomic mass is 10.3. The summed E-state index contributed by atoms with van der Waals surface area (Å²) < 4.78 is 20.7. The van der Waals surface area contributed by atoms with Crippen LogP contribution in [0.15, 0.2) is 36.5 Å². The average Bonchev–Trinajstić information content (AvgIpc) is 2.49. The molecule has 5 nitrogen and oxygen atoms in total. The Balaban J connectivity index is 2.04. The molecule has 2 N–H and O–H groups in total. The number of hydrogen-bond donors (Lipinski definition) is 2. The summed E-state index contributed by atoms with van der Waals surface area (Å²) in [5.41, 5.74) is 0.801. The number of amides is 1. The molecular formula is C16H18FN2O3+. The van der Waals surface area contributed by atoms with Crippen LogP contribution in [0.4, 0.5) is 10.1 Å². The zero-order valence-corrected chi connectivity index (χ0v) is 12.5. The molecule has 2 rings (SSSR count). The van der Waals surface area contributed by atoms with Gasteiger partial charge in [0.05, 0.1) is 5.69 Å². The van der Waals surface area contributed by atoms with Crippen molar-refractivity contribution in [1.82, 2.24) is 0 Å². The van der Waals surface area contributed by atoms with Crippen molar-refractivity contribution in [2.75, 3.05) is 11.9 Å². The Morgan fingerprint density at radius 1 is 1.36 bits per heavy atom. The van der Waals surface area contributed by atoms with E-state index in [0.717, 1.165) is 0 Å². The fourth-order valence-electron chi connectivity index (χ4n) is 2.07. The lowest BCUT2D eigenvalue weighted by Crippen LogP contribution is -2.36. The normalized spacial score (nSPS) is 10.3. The fourth-order valence-corrected chi connectivity index (χ4v) is 2.07. The number of ether oxygens (including phenoxy) is 1. The van der Waals surface area contributed by atoms with Gasteiger partial charge in [-0.1, -0.05) is 12.1 Å². The Bertz CT molecular complexity index is 689. The predicted molar refractivity (Wildman–Crippen MR) is 79.2 cm³/mol. The molecule has 0 aliphatic rings. The Labute approximate surface area is 128 Å². The topological polar surface area (TPSA) is 62.4 Å². The van der Waals surface area contributed by atoms with Gasteiger partial charge in [0.15, 0.2) is 18.6 Å². The second kappa shape index (κ2) is 6.89. The highest BCUT2D eigenvalue weighted by atomic mass is 19.1. The van der Waals surface area contributed by atoms with Gasteiger partial charge in [0.2, 0.25) is 11.4 Å². The average molecular weight is 305 g/mol. The van der Waals surface area contributed by atoms with Crippen molar-refractivity contribution in [3.05, 3.63) is 48.0 Å². The van der Waals surface area contributed by atoms with E-state index in [1.54, 1.807) is 19.2 Å². The molecule has 0 aliphatic heterocycles. The van der Waals surface area contributed by atoms with Gasteiger partial charge in [0.25, 0.3) is 5.91 Å². The summed E-state index contributed by atoms with van der Waals surface area (Å²) in [6.07, 6.45) is 1.73. The van der Waals surface area contributed by atoms with Gasteiger partial charge in [-0.25, -0.2) is 4.39 Å². The molecular weight excluding hydrogens is 287 g/mol. The number of benzene rings is 1. The molecule has 1 amide bonds. The maximum atomic E-state index is 13.4. The maximum absolute atomic E-state index is 13.4. The van der Waals surface area contributed by atoms with Crippen LogP contribution in [0.1, 0.15) is 12.6 Å². The SMILES string of the molecule is CC[n+]1ccc(O)c(OCC(=O)Nc2ccccc2F)c1C. The van der Waals surface area contributed by atoms with Crippen molar-refractivity contribution in [1.29, 1.82) is 0 Å². The van der Waals surface area contributed by atoms with Crippen LogP contribution in [-0.2, 0) is 11.3 Å². The Morgan fingerprint density at radius 3 is 2.77 bits per heavy atom. The third-order valence-corrected chi connectivity index (χ3v) is 3.24. The monoisotopic (exact) mass is 305 g/mol. The molecule has 0 spiro atoms. The highest BCUT2D eigenvalue weighted by Gasteiger charge is 2.18. The quantitative estimate of drug-likeness (QED) is 0.832. The minimum Gasteiger partial charge on any atom is -0.504 e. The van der Waals surface area contributed by atoms with Crippen LogP contribution in [0.2, 0.25) is 0 Å². The highest BCUT2D eigenvalue weighted by Crippen LogP contribution is 2.26. The van der Waals surface area contributed by atoms with Crippen molar-refractivity contribution in [3.8, 4) is 11.5 Å². The minimum absolute atomic E-state index is 0.0408. The van der Waals surface area contributed by atoms with Gasteiger partial charge in [-0.3, -0.25) is 4.79 Å². The number of anilines is 1. The third-order valence-electron chi connectivity index (χ3n) is 3.24. The van der Waals surface area contributed by atoms with E-state index in [1.165, 1.54) is 24.3 Å². The predicted octanol–water partition coefficient (Wildman–Crippen LogP) is 2.16. The zero-order valence-electron chi connectivity index (χ0n) is 12.5. The molecule has 0 unspecified atom stereocenters. The molecule has 0 atom stereocenters. The van der Waals surface area contributed by atoms with Crippen LogP contribution in [0.5, 0.6) is 11.5 Å². The molecule has 1 aromatic heterocycles. The number of rotatable bonds is 5. The summed E-state index contributed by atoms with van der Waals surface area (Å²) in [4.78, 5) is 11.8. The van der Waals surface area contributed by atoms with Gasteiger partial charge in [-0.05, 0) is 19.1 Å². The summed E-state index contributed by atoms with van der Waals surface area (Å²) in [5.74, 6) is -0.817. The summed E-state index contributed by atoms with van der Waals surface area (Å²) >= 11 is 0. The van der Waals surface area contributed by atoms with Gasteiger partial charge in [0, 0.05) is 13.0 Å². The molecule has 1 heterocycles. The fraction of sp³-hybridized carbons (Fsp3) is 0.250. The van der Waals surface area contributed by atoms with E-state index in [9.17, 15) is 14.3 Å². The van der Waals surface area contributed by atoms with E-state index in [-0.39, 0.29) is 23.8 Å². The lowest BCUT2D eigenvalue weighted by molar-refractivity contribution is -0.699. The van der Waals surface area contributed by atoms with Crippen LogP contribution < -0.4 is 14.6 Å². The van der Waals surface area contributed by atoms with Crippen molar-refractivity contribution in [2.45, 2.75) is 20.4 Å². The molecule has 22 heavy (non-hydrogen) atoms. The number of aryl methyl sites for hydroxylation is 1. The van der Waals surface area contributed by atoms with E-state index in [2.05, 4.69) is 5.32 Å². The van der Waals surface area contributed by atoms with E-state index in [1.807, 2.05) is 11.5 Å². The van der Waals surface area contributed by atoms with Crippen LogP contribution in [0, 0.1) is 12.7 Å². The Morgan fingerprint density at radius 2 is 2.09 bits per heavy atom. The van der Waals surface area contributed by atoms with Gasteiger partial charge in [0.1, 0.15) is 12.4 Å². The van der Waals surface area contributed by atoms with Crippen molar-refractivity contribution in [3.63, 3.8) is 0 Å². The van der Waals surface area contributed by atoms with Gasteiger partial charge in [-0.2, -0.15) is 4.57 Å². The van der Waals surface area contributed by atoms with E-state index >= 15 is 0 Å². The number of carbonyl (C=O) groups excluding carboxylic acids is 1. The molecule has 0 saturated heterocycles. The molecule has 6 heteroatoms. The number of halogens is 1. The standard InChI is InChI=1S/C16H17FN2O3/c1-3-19-9-8-14(20)16(11(19)2)22-10-15(21)18-13-7-5-4-6-12(13)17/h4-9H,3,10H2,1-2H3,(H,18,21)/p+1. The first-order valence-corrected chi connectivity index (χ1v) is 6.92. The number of hydrogen-bond acceptors (Lipinski definition) is 3. The number of nitrogens with zero attached hydrogens (tertiary/aromatic N) is 1. The molecule has 0 fully saturated rings. The first-order valence-electron chi connectivity index (χ1n) is 6.92. The molecule has 0 bridgehead atoms. The van der Waals surface area contributed by atoms with Gasteiger partial charge >= 0.3 is 0 Å². The molecule has 116 valence electrons. The maximum Gasteiger partial charge on any atom is 0.262 e. The zero-order chi connectivity index (χ0) is 16.1. The number of aromatic nitrogens is 1. The molecule has 1 aromatic carbocycles. The van der Waals surface area contributed by atoms with Crippen LogP contribution in [-0.4, -0.2) is 17.6 Å². The lowest BCUT2D eigenvalue weighted by Gasteiger charge is -2.10. The number of pyridine rings is 1. The van der Waals surface area contributed by atoms with Crippen molar-refractivity contribution < 1.29 is 23.6 Å². The number of para-hydroxylation sites is 1. The molecule has 2 aromatic rings. The Kier molecular flexibility index (Phi) is 4.93. The first-order chi connectivity index (χ1) is 10.5. The smallest absolute Gasteiger partial charge is 0.262 e. The molecule has 0 radical (unpaired) electrons. The summed E-state index contributed by atoms with van der Waals surface area (Å²) in [7, 11) is 0. The number of aromatic hydroxyl groups is 1. The van der Waals surface area contributed by atoms with E-state index < -0.39 is 11.7 Å². The summed E-state index contributed by atoms with van der Waals surface area (Å²) in [6, 6.07) is 7.38. The second-order valence-corrected chi connectivity index (χ2v) is 4.72. The first kappa shape index (κ1) is 15.8. The highest BCUT2D eigenvalue weighted by molar-refractivity contribution is 5.92. The number of nitrogens with one attached hydrogen (secondary N) is 1. The Hall–Kier alpha value is -2.63. The largest absolute Gasteiger partial charge is 0.504 e. The van der Waals surface area contributed by atoms with Gasteiger partial charge < -0.3 is 15.2 Å². The van der Waals surface area contributed by atoms with Gasteiger partial charge in [-0.15, -0.1) is 0 Å². The van der Waals surface area contributed by atoms with Crippen LogP contribution >= 0.6 is 0 Å².